The van der Waals surface area contributed by atoms with Crippen molar-refractivity contribution in [3.8, 4) is 0 Å². The number of imidazole rings is 1. The molecule has 124 valence electrons. The van der Waals surface area contributed by atoms with E-state index >= 15 is 0 Å². The highest BCUT2D eigenvalue weighted by Gasteiger charge is 2.19. The monoisotopic (exact) mass is 402 g/mol. The van der Waals surface area contributed by atoms with Gasteiger partial charge in [0, 0.05) is 42.8 Å². The maximum atomic E-state index is 12.0. The largest absolute Gasteiger partial charge is 0.308 e. The molecule has 1 heterocycles. The third-order valence-electron chi connectivity index (χ3n) is 3.36. The molecule has 0 spiro atoms. The van der Waals surface area contributed by atoms with E-state index in [1.54, 1.807) is 13.0 Å². The first-order valence-corrected chi connectivity index (χ1v) is 8.71. The van der Waals surface area contributed by atoms with Gasteiger partial charge >= 0.3 is 10.2 Å². The molecular formula is C13H15BrN4O4S. The fraction of sp³-hybridized carbons (Fsp3) is 0.308. The number of rotatable bonds is 5. The number of nitro groups is 1. The molecule has 2 aromatic rings. The van der Waals surface area contributed by atoms with Crippen molar-refractivity contribution in [2.45, 2.75) is 13.3 Å². The van der Waals surface area contributed by atoms with E-state index in [9.17, 15) is 18.5 Å². The van der Waals surface area contributed by atoms with E-state index in [4.69, 9.17) is 0 Å². The molecular weight excluding hydrogens is 388 g/mol. The normalized spacial score (nSPS) is 11.9. The first-order valence-electron chi connectivity index (χ1n) is 6.52. The second-order valence-electron chi connectivity index (χ2n) is 5.13. The zero-order chi connectivity index (χ0) is 17.4. The quantitative estimate of drug-likeness (QED) is 0.563. The van der Waals surface area contributed by atoms with E-state index < -0.39 is 15.1 Å². The van der Waals surface area contributed by atoms with Gasteiger partial charge in [0.2, 0.25) is 0 Å². The summed E-state index contributed by atoms with van der Waals surface area (Å²) in [5, 5.41) is 11.1. The molecule has 0 radical (unpaired) electrons. The molecule has 2 rings (SSSR count). The predicted octanol–water partition coefficient (Wildman–Crippen LogP) is 2.11. The van der Waals surface area contributed by atoms with Crippen molar-refractivity contribution in [1.82, 2.24) is 13.3 Å². The van der Waals surface area contributed by atoms with Gasteiger partial charge in [-0.1, -0.05) is 15.9 Å². The van der Waals surface area contributed by atoms with Crippen LogP contribution < -0.4 is 0 Å². The van der Waals surface area contributed by atoms with Gasteiger partial charge in [-0.2, -0.15) is 12.7 Å². The smallest absolute Gasteiger partial charge is 0.258 e. The van der Waals surface area contributed by atoms with Crippen molar-refractivity contribution < 1.29 is 13.3 Å². The average molecular weight is 403 g/mol. The van der Waals surface area contributed by atoms with Crippen molar-refractivity contribution in [2.24, 2.45) is 0 Å². The van der Waals surface area contributed by atoms with Crippen LogP contribution in [0.5, 0.6) is 0 Å². The zero-order valence-electron chi connectivity index (χ0n) is 12.7. The van der Waals surface area contributed by atoms with Gasteiger partial charge in [-0.15, -0.1) is 0 Å². The van der Waals surface area contributed by atoms with Crippen molar-refractivity contribution in [3.63, 3.8) is 0 Å². The van der Waals surface area contributed by atoms with Gasteiger partial charge in [-0.3, -0.25) is 10.1 Å². The fourth-order valence-corrected chi connectivity index (χ4v) is 3.33. The van der Waals surface area contributed by atoms with E-state index in [-0.39, 0.29) is 5.69 Å². The minimum absolute atomic E-state index is 0.00900. The summed E-state index contributed by atoms with van der Waals surface area (Å²) in [6.45, 7) is 1.66. The van der Waals surface area contributed by atoms with E-state index in [0.717, 1.165) is 8.28 Å². The molecule has 8 nitrogen and oxygen atoms in total. The van der Waals surface area contributed by atoms with Gasteiger partial charge in [-0.05, 0) is 18.6 Å². The molecule has 0 saturated heterocycles. The summed E-state index contributed by atoms with van der Waals surface area (Å²) in [5.74, 6) is 0. The van der Waals surface area contributed by atoms with Crippen molar-refractivity contribution in [2.75, 3.05) is 14.1 Å². The summed E-state index contributed by atoms with van der Waals surface area (Å²) in [6, 6.07) is 3.20. The van der Waals surface area contributed by atoms with Crippen LogP contribution in [-0.4, -0.2) is 40.7 Å². The summed E-state index contributed by atoms with van der Waals surface area (Å²) < 4.78 is 26.7. The molecule has 0 bridgehead atoms. The van der Waals surface area contributed by atoms with Crippen LogP contribution in [0.1, 0.15) is 16.8 Å². The molecule has 0 N–H and O–H groups in total. The Morgan fingerprint density at radius 2 is 2.04 bits per heavy atom. The highest BCUT2D eigenvalue weighted by atomic mass is 79.9. The molecule has 1 aromatic carbocycles. The van der Waals surface area contributed by atoms with Gasteiger partial charge < -0.3 is 0 Å². The number of nitro benzene ring substituents is 1. The van der Waals surface area contributed by atoms with Crippen LogP contribution in [0, 0.1) is 17.0 Å². The van der Waals surface area contributed by atoms with Crippen LogP contribution in [0.15, 0.2) is 29.1 Å². The van der Waals surface area contributed by atoms with Crippen molar-refractivity contribution in [1.29, 1.82) is 0 Å². The van der Waals surface area contributed by atoms with Gasteiger partial charge in [0.05, 0.1) is 10.6 Å². The lowest BCUT2D eigenvalue weighted by Crippen LogP contribution is -2.27. The van der Waals surface area contributed by atoms with Crippen LogP contribution >= 0.6 is 15.9 Å². The minimum atomic E-state index is -3.62. The number of nitrogens with zero attached hydrogens (tertiary/aromatic N) is 4. The highest BCUT2D eigenvalue weighted by molar-refractivity contribution is 9.10. The molecule has 23 heavy (non-hydrogen) atoms. The molecule has 0 aliphatic heterocycles. The first kappa shape index (κ1) is 17.6. The lowest BCUT2D eigenvalue weighted by atomic mass is 10.0. The van der Waals surface area contributed by atoms with E-state index in [0.29, 0.717) is 27.7 Å². The Hall–Kier alpha value is -1.78. The molecule has 0 fully saturated rings. The predicted molar refractivity (Wildman–Crippen MR) is 88.6 cm³/mol. The van der Waals surface area contributed by atoms with E-state index in [2.05, 4.69) is 20.9 Å². The number of halogens is 1. The zero-order valence-corrected chi connectivity index (χ0v) is 15.1. The molecule has 10 heteroatoms. The summed E-state index contributed by atoms with van der Waals surface area (Å²) in [7, 11) is -0.763. The Kier molecular flexibility index (Phi) is 4.87. The number of aromatic nitrogens is 2. The summed E-state index contributed by atoms with van der Waals surface area (Å²) >= 11 is 3.25. The van der Waals surface area contributed by atoms with Crippen LogP contribution in [-0.2, 0) is 16.6 Å². The lowest BCUT2D eigenvalue weighted by Gasteiger charge is -2.10. The van der Waals surface area contributed by atoms with Gasteiger partial charge in [0.1, 0.15) is 6.33 Å². The number of hydrogen-bond acceptors (Lipinski definition) is 5. The van der Waals surface area contributed by atoms with Crippen LogP contribution in [0.3, 0.4) is 0 Å². The van der Waals surface area contributed by atoms with Crippen LogP contribution in [0.4, 0.5) is 5.69 Å². The average Bonchev–Trinajstić information content (AvgIpc) is 2.91. The maximum absolute atomic E-state index is 12.0. The first-order chi connectivity index (χ1) is 10.6. The molecule has 0 aliphatic carbocycles. The summed E-state index contributed by atoms with van der Waals surface area (Å²) in [6.07, 6.45) is 2.91. The third kappa shape index (κ3) is 3.59. The molecule has 1 aromatic heterocycles. The Balaban J connectivity index is 2.38. The van der Waals surface area contributed by atoms with Gasteiger partial charge in [-0.25, -0.2) is 8.96 Å². The van der Waals surface area contributed by atoms with Crippen molar-refractivity contribution >= 4 is 31.8 Å². The van der Waals surface area contributed by atoms with Crippen molar-refractivity contribution in [3.05, 3.63) is 56.1 Å². The SMILES string of the molecule is Cc1c(Cc2cn(S(=O)(=O)N(C)C)cn2)cc(Br)cc1[N+](=O)[O-]. The molecule has 0 aliphatic rings. The van der Waals surface area contributed by atoms with E-state index in [1.165, 1.54) is 32.7 Å². The lowest BCUT2D eigenvalue weighted by molar-refractivity contribution is -0.385. The molecule has 0 saturated carbocycles. The van der Waals surface area contributed by atoms with Gasteiger partial charge in [0.15, 0.2) is 0 Å². The fourth-order valence-electron chi connectivity index (χ4n) is 2.04. The molecule has 0 unspecified atom stereocenters. The third-order valence-corrected chi connectivity index (χ3v) is 5.48. The summed E-state index contributed by atoms with van der Waals surface area (Å²) in [5.41, 5.74) is 1.75. The number of hydrogen-bond donors (Lipinski definition) is 0. The number of benzene rings is 1. The highest BCUT2D eigenvalue weighted by Crippen LogP contribution is 2.28. The second kappa shape index (κ2) is 6.38. The van der Waals surface area contributed by atoms with Crippen LogP contribution in [0.2, 0.25) is 0 Å². The minimum Gasteiger partial charge on any atom is -0.258 e. The topological polar surface area (TPSA) is 98.3 Å². The Bertz CT molecular complexity index is 861. The van der Waals surface area contributed by atoms with Crippen LogP contribution in [0.25, 0.3) is 0 Å². The van der Waals surface area contributed by atoms with E-state index in [1.807, 2.05) is 0 Å². The Morgan fingerprint density at radius 1 is 1.39 bits per heavy atom. The molecule has 0 amide bonds. The van der Waals surface area contributed by atoms with Gasteiger partial charge in [0.25, 0.3) is 5.69 Å². The summed E-state index contributed by atoms with van der Waals surface area (Å²) in [4.78, 5) is 14.7. The Labute approximate surface area is 142 Å². The standard InChI is InChI=1S/C13H15BrN4O4S/c1-9-10(4-11(14)6-13(9)18(19)20)5-12-7-17(8-15-12)23(21,22)16(2)3/h4,6-8H,5H2,1-3H3. The second-order valence-corrected chi connectivity index (χ2v) is 8.09. The maximum Gasteiger partial charge on any atom is 0.308 e. The molecule has 0 atom stereocenters. The Morgan fingerprint density at radius 3 is 2.61 bits per heavy atom.